The summed E-state index contributed by atoms with van der Waals surface area (Å²) in [4.78, 5) is 25.2. The fourth-order valence-electron chi connectivity index (χ4n) is 3.79. The van der Waals surface area contributed by atoms with Gasteiger partial charge in [0.2, 0.25) is 0 Å². The molecule has 0 atom stereocenters. The minimum atomic E-state index is -0.258. The average molecular weight is 406 g/mol. The molecule has 0 aliphatic carbocycles. The van der Waals surface area contributed by atoms with E-state index in [1.54, 1.807) is 11.1 Å². The summed E-state index contributed by atoms with van der Waals surface area (Å²) >= 11 is 0. The number of carbonyl (C=O) groups excluding carboxylic acids is 1. The summed E-state index contributed by atoms with van der Waals surface area (Å²) in [5.74, 6) is 1.14. The van der Waals surface area contributed by atoms with Gasteiger partial charge in [-0.25, -0.2) is 9.78 Å². The van der Waals surface area contributed by atoms with Crippen molar-refractivity contribution in [2.24, 2.45) is 0 Å². The first-order chi connectivity index (χ1) is 14.5. The Bertz CT molecular complexity index is 1070. The van der Waals surface area contributed by atoms with Crippen LogP contribution in [-0.4, -0.2) is 58.9 Å². The van der Waals surface area contributed by atoms with Crippen molar-refractivity contribution in [3.63, 3.8) is 0 Å². The smallest absolute Gasteiger partial charge is 0.409 e. The minimum Gasteiger partial charge on any atom is -0.507 e. The maximum atomic E-state index is 11.9. The van der Waals surface area contributed by atoms with E-state index in [-0.39, 0.29) is 6.09 Å². The molecule has 0 saturated carbocycles. The van der Waals surface area contributed by atoms with Crippen molar-refractivity contribution >= 4 is 22.9 Å². The Balaban J connectivity index is 1.58. The van der Waals surface area contributed by atoms with Gasteiger partial charge >= 0.3 is 6.09 Å². The first-order valence-electron chi connectivity index (χ1n) is 10.2. The molecule has 0 spiro atoms. The van der Waals surface area contributed by atoms with E-state index in [0.717, 1.165) is 39.1 Å². The second kappa shape index (κ2) is 8.18. The van der Waals surface area contributed by atoms with E-state index in [2.05, 4.69) is 9.88 Å². The van der Waals surface area contributed by atoms with Crippen molar-refractivity contribution in [2.75, 3.05) is 37.7 Å². The van der Waals surface area contributed by atoms with Crippen LogP contribution >= 0.6 is 0 Å². The summed E-state index contributed by atoms with van der Waals surface area (Å²) in [6.07, 6.45) is 1.53. The molecule has 7 heteroatoms. The summed E-state index contributed by atoms with van der Waals surface area (Å²) in [7, 11) is 0. The maximum Gasteiger partial charge on any atom is 0.409 e. The van der Waals surface area contributed by atoms with Crippen LogP contribution in [0.5, 0.6) is 5.75 Å². The van der Waals surface area contributed by atoms with E-state index in [0.29, 0.717) is 38.5 Å². The normalized spacial score (nSPS) is 14.2. The lowest BCUT2D eigenvalue weighted by atomic mass is 9.99. The molecule has 4 rings (SSSR count). The van der Waals surface area contributed by atoms with Crippen molar-refractivity contribution < 1.29 is 14.6 Å². The number of amides is 1. The van der Waals surface area contributed by atoms with E-state index in [4.69, 9.17) is 9.72 Å². The Hall–Kier alpha value is -3.35. The Labute approximate surface area is 175 Å². The SMILES string of the molecule is CCOC(=O)N1CCN(c2cnc3ccc(-c4cc(C)c(O)c(C)c4)cc3n2)CC1. The van der Waals surface area contributed by atoms with Gasteiger partial charge in [0.1, 0.15) is 11.6 Å². The third-order valence-electron chi connectivity index (χ3n) is 5.48. The maximum absolute atomic E-state index is 11.9. The van der Waals surface area contributed by atoms with Gasteiger partial charge in [-0.1, -0.05) is 6.07 Å². The zero-order chi connectivity index (χ0) is 21.3. The van der Waals surface area contributed by atoms with Crippen LogP contribution in [0.3, 0.4) is 0 Å². The highest BCUT2D eigenvalue weighted by atomic mass is 16.6. The van der Waals surface area contributed by atoms with E-state index in [1.165, 1.54) is 0 Å². The number of aromatic hydroxyl groups is 1. The summed E-state index contributed by atoms with van der Waals surface area (Å²) < 4.78 is 5.08. The van der Waals surface area contributed by atoms with Gasteiger partial charge in [-0.05, 0) is 67.3 Å². The van der Waals surface area contributed by atoms with Gasteiger partial charge < -0.3 is 19.6 Å². The highest BCUT2D eigenvalue weighted by Gasteiger charge is 2.23. The first kappa shape index (κ1) is 19.9. The topological polar surface area (TPSA) is 78.8 Å². The summed E-state index contributed by atoms with van der Waals surface area (Å²) in [5, 5.41) is 10.1. The monoisotopic (exact) mass is 406 g/mol. The van der Waals surface area contributed by atoms with Gasteiger partial charge in [0.15, 0.2) is 0 Å². The Kier molecular flexibility index (Phi) is 5.44. The highest BCUT2D eigenvalue weighted by molar-refractivity contribution is 5.83. The van der Waals surface area contributed by atoms with Crippen LogP contribution in [0.1, 0.15) is 18.1 Å². The van der Waals surface area contributed by atoms with Crippen molar-refractivity contribution in [1.29, 1.82) is 0 Å². The molecule has 0 radical (unpaired) electrons. The fourth-order valence-corrected chi connectivity index (χ4v) is 3.79. The molecule has 1 fully saturated rings. The Morgan fingerprint density at radius 2 is 1.73 bits per heavy atom. The Morgan fingerprint density at radius 3 is 2.40 bits per heavy atom. The molecule has 7 nitrogen and oxygen atoms in total. The number of nitrogens with zero attached hydrogens (tertiary/aromatic N) is 4. The molecular weight excluding hydrogens is 380 g/mol. The molecule has 3 aromatic rings. The molecule has 30 heavy (non-hydrogen) atoms. The van der Waals surface area contributed by atoms with Crippen molar-refractivity contribution in [3.8, 4) is 16.9 Å². The van der Waals surface area contributed by atoms with Crippen LogP contribution in [-0.2, 0) is 4.74 Å². The molecule has 156 valence electrons. The lowest BCUT2D eigenvalue weighted by molar-refractivity contribution is 0.105. The molecule has 1 aromatic heterocycles. The molecule has 1 saturated heterocycles. The van der Waals surface area contributed by atoms with Gasteiger partial charge in [-0.3, -0.25) is 4.98 Å². The standard InChI is InChI=1S/C23H26N4O3/c1-4-30-23(29)27-9-7-26(8-10-27)21-14-24-19-6-5-17(13-20(19)25-21)18-11-15(2)22(28)16(3)12-18/h5-6,11-14,28H,4,7-10H2,1-3H3. The predicted molar refractivity (Wildman–Crippen MR) is 117 cm³/mol. The third kappa shape index (κ3) is 3.87. The highest BCUT2D eigenvalue weighted by Crippen LogP contribution is 2.30. The van der Waals surface area contributed by atoms with Gasteiger partial charge in [0, 0.05) is 26.2 Å². The number of rotatable bonds is 3. The number of hydrogen-bond donors (Lipinski definition) is 1. The number of fused-ring (bicyclic) bond motifs is 1. The number of aryl methyl sites for hydroxylation is 2. The fraction of sp³-hybridized carbons (Fsp3) is 0.348. The van der Waals surface area contributed by atoms with Crippen LogP contribution < -0.4 is 4.90 Å². The van der Waals surface area contributed by atoms with E-state index in [1.807, 2.05) is 51.1 Å². The average Bonchev–Trinajstić information content (AvgIpc) is 2.76. The lowest BCUT2D eigenvalue weighted by Gasteiger charge is -2.34. The minimum absolute atomic E-state index is 0.258. The zero-order valence-electron chi connectivity index (χ0n) is 17.6. The van der Waals surface area contributed by atoms with Gasteiger partial charge in [-0.15, -0.1) is 0 Å². The lowest BCUT2D eigenvalue weighted by Crippen LogP contribution is -2.49. The first-order valence-corrected chi connectivity index (χ1v) is 10.2. The van der Waals surface area contributed by atoms with Crippen molar-refractivity contribution in [1.82, 2.24) is 14.9 Å². The summed E-state index contributed by atoms with van der Waals surface area (Å²) in [6, 6.07) is 9.99. The van der Waals surface area contributed by atoms with Gasteiger partial charge in [0.25, 0.3) is 0 Å². The van der Waals surface area contributed by atoms with Gasteiger partial charge in [0.05, 0.1) is 23.8 Å². The molecular formula is C23H26N4O3. The number of ether oxygens (including phenoxy) is 1. The molecule has 1 N–H and O–H groups in total. The molecule has 1 amide bonds. The number of phenolic OH excluding ortho intramolecular Hbond substituents is 1. The molecule has 2 heterocycles. The van der Waals surface area contributed by atoms with E-state index in [9.17, 15) is 9.90 Å². The van der Waals surface area contributed by atoms with E-state index >= 15 is 0 Å². The van der Waals surface area contributed by atoms with Crippen LogP contribution in [0.4, 0.5) is 10.6 Å². The van der Waals surface area contributed by atoms with Crippen LogP contribution in [0.25, 0.3) is 22.2 Å². The second-order valence-corrected chi connectivity index (χ2v) is 7.56. The number of phenols is 1. The molecule has 0 bridgehead atoms. The number of piperazine rings is 1. The molecule has 0 unspecified atom stereocenters. The van der Waals surface area contributed by atoms with Crippen LogP contribution in [0.2, 0.25) is 0 Å². The van der Waals surface area contributed by atoms with Crippen LogP contribution in [0.15, 0.2) is 36.5 Å². The summed E-state index contributed by atoms with van der Waals surface area (Å²) in [6.45, 7) is 8.59. The number of aromatic nitrogens is 2. The summed E-state index contributed by atoms with van der Waals surface area (Å²) in [5.41, 5.74) is 5.43. The quantitative estimate of drug-likeness (QED) is 0.711. The largest absolute Gasteiger partial charge is 0.507 e. The zero-order valence-corrected chi connectivity index (χ0v) is 17.6. The second-order valence-electron chi connectivity index (χ2n) is 7.56. The van der Waals surface area contributed by atoms with E-state index < -0.39 is 0 Å². The van der Waals surface area contributed by atoms with Gasteiger partial charge in [-0.2, -0.15) is 0 Å². The molecule has 2 aromatic carbocycles. The number of benzene rings is 2. The predicted octanol–water partition coefficient (Wildman–Crippen LogP) is 3.90. The van der Waals surface area contributed by atoms with Crippen LogP contribution in [0, 0.1) is 13.8 Å². The number of anilines is 1. The van der Waals surface area contributed by atoms with Crippen molar-refractivity contribution in [3.05, 3.63) is 47.7 Å². The third-order valence-corrected chi connectivity index (χ3v) is 5.48. The van der Waals surface area contributed by atoms with Crippen molar-refractivity contribution in [2.45, 2.75) is 20.8 Å². The molecule has 1 aliphatic heterocycles. The molecule has 1 aliphatic rings. The Morgan fingerprint density at radius 1 is 1.03 bits per heavy atom. The number of carbonyl (C=O) groups is 1. The number of hydrogen-bond acceptors (Lipinski definition) is 6.